The second-order valence-electron chi connectivity index (χ2n) is 7.55. The number of rotatable bonds is 2. The lowest BCUT2D eigenvalue weighted by Gasteiger charge is -2.42. The molecule has 0 radical (unpaired) electrons. The Morgan fingerprint density at radius 3 is 2.78 bits per heavy atom. The van der Waals surface area contributed by atoms with Gasteiger partial charge in [-0.2, -0.15) is 0 Å². The number of hydrogen-bond donors (Lipinski definition) is 0. The predicted molar refractivity (Wildman–Crippen MR) is 104 cm³/mol. The number of piperazine rings is 1. The summed E-state index contributed by atoms with van der Waals surface area (Å²) in [6.07, 6.45) is 2.83. The summed E-state index contributed by atoms with van der Waals surface area (Å²) in [6, 6.07) is 7.34. The number of fused-ring (bicyclic) bond motifs is 2. The maximum Gasteiger partial charge on any atom is 0.148 e. The minimum absolute atomic E-state index is 0.0917. The zero-order valence-electron chi connectivity index (χ0n) is 15.6. The van der Waals surface area contributed by atoms with Crippen molar-refractivity contribution in [3.05, 3.63) is 63.7 Å². The molecule has 1 aromatic carbocycles. The number of aromatic nitrogens is 1. The molecule has 0 saturated carbocycles. The Labute approximate surface area is 163 Å². The smallest absolute Gasteiger partial charge is 0.148 e. The largest absolute Gasteiger partial charge is 0.298 e. The first-order chi connectivity index (χ1) is 12.9. The van der Waals surface area contributed by atoms with E-state index in [1.54, 1.807) is 13.0 Å². The molecule has 1 aliphatic carbocycles. The molecule has 2 aliphatic rings. The van der Waals surface area contributed by atoms with Crippen LogP contribution in [0.4, 0.5) is 4.39 Å². The van der Waals surface area contributed by atoms with Gasteiger partial charge in [0.25, 0.3) is 0 Å². The van der Waals surface area contributed by atoms with Gasteiger partial charge in [-0.05, 0) is 61.7 Å². The standard InChI is InChI=1S/C21H23ClFN3O/c1-13(27)19-12-26(8-7-25(19)2)21-18-6-5-16(22)9-14(18)3-4-15-10-17(23)11-24-20(15)21/h5-6,9-11,19,21H,3-4,7-8,12H2,1-2H3/t19-,21-/m1/s1. The van der Waals surface area contributed by atoms with Crippen LogP contribution in [0.5, 0.6) is 0 Å². The SMILES string of the molecule is CC(=O)[C@H]1CN([C@@H]2c3ccc(Cl)cc3CCc3cc(F)cnc32)CCN1C. The summed E-state index contributed by atoms with van der Waals surface area (Å²) < 4.78 is 13.9. The summed E-state index contributed by atoms with van der Waals surface area (Å²) in [5.74, 6) is -0.143. The summed E-state index contributed by atoms with van der Waals surface area (Å²) in [6.45, 7) is 3.91. The molecule has 2 heterocycles. The fourth-order valence-corrected chi connectivity index (χ4v) is 4.55. The van der Waals surface area contributed by atoms with Crippen LogP contribution in [0.2, 0.25) is 5.02 Å². The molecule has 1 aliphatic heterocycles. The highest BCUT2D eigenvalue weighted by Gasteiger charge is 2.36. The van der Waals surface area contributed by atoms with Gasteiger partial charge in [0.2, 0.25) is 0 Å². The van der Waals surface area contributed by atoms with Crippen molar-refractivity contribution in [2.45, 2.75) is 31.8 Å². The van der Waals surface area contributed by atoms with Crippen molar-refractivity contribution in [2.24, 2.45) is 0 Å². The lowest BCUT2D eigenvalue weighted by Crippen LogP contribution is -2.55. The van der Waals surface area contributed by atoms with E-state index in [0.29, 0.717) is 11.6 Å². The van der Waals surface area contributed by atoms with Gasteiger partial charge < -0.3 is 0 Å². The van der Waals surface area contributed by atoms with Crippen molar-refractivity contribution in [1.29, 1.82) is 0 Å². The van der Waals surface area contributed by atoms with Gasteiger partial charge in [-0.1, -0.05) is 17.7 Å². The van der Waals surface area contributed by atoms with E-state index in [4.69, 9.17) is 11.6 Å². The van der Waals surface area contributed by atoms with E-state index in [2.05, 4.69) is 20.9 Å². The summed E-state index contributed by atoms with van der Waals surface area (Å²) in [4.78, 5) is 21.1. The third-order valence-corrected chi connectivity index (χ3v) is 6.04. The molecule has 142 valence electrons. The van der Waals surface area contributed by atoms with Gasteiger partial charge in [-0.3, -0.25) is 19.6 Å². The molecule has 0 spiro atoms. The molecule has 0 unspecified atom stereocenters. The summed E-state index contributed by atoms with van der Waals surface area (Å²) >= 11 is 6.24. The van der Waals surface area contributed by atoms with E-state index in [1.165, 1.54) is 11.8 Å². The van der Waals surface area contributed by atoms with Crippen LogP contribution in [0.1, 0.15) is 35.3 Å². The molecule has 0 amide bonds. The van der Waals surface area contributed by atoms with Crippen LogP contribution in [-0.2, 0) is 17.6 Å². The van der Waals surface area contributed by atoms with E-state index >= 15 is 0 Å². The molecule has 2 atom stereocenters. The molecule has 6 heteroatoms. The molecule has 0 bridgehead atoms. The third-order valence-electron chi connectivity index (χ3n) is 5.80. The van der Waals surface area contributed by atoms with Crippen LogP contribution in [0.25, 0.3) is 0 Å². The topological polar surface area (TPSA) is 36.4 Å². The van der Waals surface area contributed by atoms with Crippen LogP contribution >= 0.6 is 11.6 Å². The Balaban J connectivity index is 1.82. The van der Waals surface area contributed by atoms with Crippen LogP contribution in [0.3, 0.4) is 0 Å². The Bertz CT molecular complexity index is 834. The maximum absolute atomic E-state index is 13.9. The van der Waals surface area contributed by atoms with Crippen molar-refractivity contribution in [3.63, 3.8) is 0 Å². The molecular weight excluding hydrogens is 365 g/mol. The number of pyridine rings is 1. The van der Waals surface area contributed by atoms with E-state index in [1.807, 2.05) is 19.2 Å². The monoisotopic (exact) mass is 387 g/mol. The summed E-state index contributed by atoms with van der Waals surface area (Å²) in [5, 5.41) is 0.706. The number of benzene rings is 1. The van der Waals surface area contributed by atoms with Crippen molar-refractivity contribution in [3.8, 4) is 0 Å². The highest BCUT2D eigenvalue weighted by Crippen LogP contribution is 2.37. The Hall–Kier alpha value is -1.82. The predicted octanol–water partition coefficient (Wildman–Crippen LogP) is 3.27. The lowest BCUT2D eigenvalue weighted by molar-refractivity contribution is -0.124. The fraction of sp³-hybridized carbons (Fsp3) is 0.429. The lowest BCUT2D eigenvalue weighted by atomic mass is 9.95. The molecule has 4 nitrogen and oxygen atoms in total. The molecule has 0 N–H and O–H groups in total. The van der Waals surface area contributed by atoms with Crippen molar-refractivity contribution >= 4 is 17.4 Å². The van der Waals surface area contributed by atoms with Gasteiger partial charge in [-0.15, -0.1) is 0 Å². The molecule has 27 heavy (non-hydrogen) atoms. The summed E-state index contributed by atoms with van der Waals surface area (Å²) in [7, 11) is 1.99. The highest BCUT2D eigenvalue weighted by atomic mass is 35.5. The number of hydrogen-bond acceptors (Lipinski definition) is 4. The maximum atomic E-state index is 13.9. The number of nitrogens with zero attached hydrogens (tertiary/aromatic N) is 3. The molecule has 4 rings (SSSR count). The minimum Gasteiger partial charge on any atom is -0.298 e. The van der Waals surface area contributed by atoms with Crippen molar-refractivity contribution in [1.82, 2.24) is 14.8 Å². The van der Waals surface area contributed by atoms with Crippen LogP contribution in [0.15, 0.2) is 30.5 Å². The number of carbonyl (C=O) groups is 1. The Kier molecular flexibility index (Phi) is 5.01. The average molecular weight is 388 g/mol. The van der Waals surface area contributed by atoms with Crippen LogP contribution in [-0.4, -0.2) is 53.3 Å². The fourth-order valence-electron chi connectivity index (χ4n) is 4.35. The average Bonchev–Trinajstić information content (AvgIpc) is 2.78. The second-order valence-corrected chi connectivity index (χ2v) is 7.98. The summed E-state index contributed by atoms with van der Waals surface area (Å²) in [5.41, 5.74) is 4.16. The molecular formula is C21H23ClFN3O. The van der Waals surface area contributed by atoms with E-state index in [-0.39, 0.29) is 23.7 Å². The molecule has 1 fully saturated rings. The number of carbonyl (C=O) groups excluding carboxylic acids is 1. The van der Waals surface area contributed by atoms with Crippen LogP contribution < -0.4 is 0 Å². The van der Waals surface area contributed by atoms with Gasteiger partial charge in [0, 0.05) is 24.7 Å². The normalized spacial score (nSPS) is 23.4. The van der Waals surface area contributed by atoms with Gasteiger partial charge in [-0.25, -0.2) is 4.39 Å². The number of likely N-dealkylation sites (N-methyl/N-ethyl adjacent to an activating group) is 1. The van der Waals surface area contributed by atoms with Crippen LogP contribution in [0, 0.1) is 5.82 Å². The zero-order chi connectivity index (χ0) is 19.1. The number of ketones is 1. The van der Waals surface area contributed by atoms with E-state index in [0.717, 1.165) is 42.8 Å². The van der Waals surface area contributed by atoms with Gasteiger partial charge in [0.1, 0.15) is 11.6 Å². The van der Waals surface area contributed by atoms with E-state index in [9.17, 15) is 9.18 Å². The van der Waals surface area contributed by atoms with Gasteiger partial charge in [0.15, 0.2) is 0 Å². The first-order valence-corrected chi connectivity index (χ1v) is 9.69. The number of Topliss-reactive ketones (excluding diaryl/α,β-unsaturated/α-hetero) is 1. The molecule has 2 aromatic rings. The first-order valence-electron chi connectivity index (χ1n) is 9.31. The highest BCUT2D eigenvalue weighted by molar-refractivity contribution is 6.30. The first kappa shape index (κ1) is 18.5. The van der Waals surface area contributed by atoms with E-state index < -0.39 is 0 Å². The Morgan fingerprint density at radius 1 is 1.22 bits per heavy atom. The van der Waals surface area contributed by atoms with Gasteiger partial charge in [0.05, 0.1) is 24.0 Å². The van der Waals surface area contributed by atoms with Gasteiger partial charge >= 0.3 is 0 Å². The van der Waals surface area contributed by atoms with Crippen molar-refractivity contribution in [2.75, 3.05) is 26.7 Å². The number of aryl methyl sites for hydroxylation is 2. The quantitative estimate of drug-likeness (QED) is 0.792. The second kappa shape index (κ2) is 7.30. The number of halogens is 2. The third kappa shape index (κ3) is 3.51. The Morgan fingerprint density at radius 2 is 2.00 bits per heavy atom. The zero-order valence-corrected chi connectivity index (χ0v) is 16.3. The minimum atomic E-state index is -0.309. The van der Waals surface area contributed by atoms with Crippen molar-refractivity contribution < 1.29 is 9.18 Å². The molecule has 1 saturated heterocycles. The molecule has 1 aromatic heterocycles.